The Kier molecular flexibility index (Phi) is 8.18. The van der Waals surface area contributed by atoms with E-state index in [9.17, 15) is 18.0 Å². The summed E-state index contributed by atoms with van der Waals surface area (Å²) < 4.78 is 33.0. The maximum atomic E-state index is 13.2. The maximum Gasteiger partial charge on any atom is 0.410 e. The number of aryl methyl sites for hydroxylation is 1. The summed E-state index contributed by atoms with van der Waals surface area (Å²) in [6.07, 6.45) is 4.09. The van der Waals surface area contributed by atoms with Crippen molar-refractivity contribution in [2.24, 2.45) is 16.8 Å². The fourth-order valence-corrected chi connectivity index (χ4v) is 6.63. The SMILES string of the molecule is CC[C@@H]1CN(C(=O)OCc2ccccc2)C[C@@H]1C(=O)CNC1C=Nc2c(ccn2S(=O)(=O)c2ccc(C)cc2)C1. The van der Waals surface area contributed by atoms with E-state index < -0.39 is 16.1 Å². The van der Waals surface area contributed by atoms with Crippen LogP contribution in [0, 0.1) is 18.8 Å². The number of benzene rings is 2. The second-order valence-electron chi connectivity index (χ2n) is 10.4. The summed E-state index contributed by atoms with van der Waals surface area (Å²) in [6, 6.07) is 17.8. The van der Waals surface area contributed by atoms with Crippen LogP contribution in [0.2, 0.25) is 0 Å². The number of rotatable bonds is 9. The van der Waals surface area contributed by atoms with Gasteiger partial charge in [0.1, 0.15) is 12.4 Å². The lowest BCUT2D eigenvalue weighted by molar-refractivity contribution is -0.122. The molecule has 1 aromatic heterocycles. The number of hydrogen-bond donors (Lipinski definition) is 1. The van der Waals surface area contributed by atoms with E-state index in [0.717, 1.165) is 23.1 Å². The molecule has 3 heterocycles. The number of Topliss-reactive ketones (excluding diaryl/α,β-unsaturated/α-hetero) is 1. The number of aliphatic imine (C=N–C) groups is 1. The van der Waals surface area contributed by atoms with Crippen LogP contribution in [0.4, 0.5) is 10.6 Å². The van der Waals surface area contributed by atoms with E-state index in [4.69, 9.17) is 4.74 Å². The molecule has 9 nitrogen and oxygen atoms in total. The van der Waals surface area contributed by atoms with Crippen molar-refractivity contribution in [2.75, 3.05) is 19.6 Å². The molecule has 0 spiro atoms. The number of hydrogen-bond acceptors (Lipinski definition) is 7. The second-order valence-corrected chi connectivity index (χ2v) is 12.2. The van der Waals surface area contributed by atoms with Gasteiger partial charge in [-0.3, -0.25) is 4.79 Å². The number of carbonyl (C=O) groups excluding carboxylic acids is 2. The van der Waals surface area contributed by atoms with E-state index in [0.29, 0.717) is 25.3 Å². The van der Waals surface area contributed by atoms with Gasteiger partial charge in [0.15, 0.2) is 5.78 Å². The van der Waals surface area contributed by atoms with Gasteiger partial charge in [-0.15, -0.1) is 0 Å². The van der Waals surface area contributed by atoms with Crippen molar-refractivity contribution in [3.8, 4) is 0 Å². The van der Waals surface area contributed by atoms with Crippen molar-refractivity contribution in [3.05, 3.63) is 83.6 Å². The number of ketones is 1. The number of likely N-dealkylation sites (tertiary alicyclic amines) is 1. The first kappa shape index (κ1) is 27.8. The molecule has 0 bridgehead atoms. The second kappa shape index (κ2) is 11.8. The van der Waals surface area contributed by atoms with Crippen LogP contribution in [0.1, 0.15) is 30.0 Å². The molecule has 210 valence electrons. The van der Waals surface area contributed by atoms with Gasteiger partial charge in [0.2, 0.25) is 0 Å². The smallest absolute Gasteiger partial charge is 0.410 e. The van der Waals surface area contributed by atoms with Crippen LogP contribution in [0.25, 0.3) is 0 Å². The molecule has 0 aliphatic carbocycles. The Balaban J connectivity index is 1.16. The lowest BCUT2D eigenvalue weighted by Gasteiger charge is -2.21. The highest BCUT2D eigenvalue weighted by Crippen LogP contribution is 2.30. The minimum absolute atomic E-state index is 0.0453. The van der Waals surface area contributed by atoms with Crippen molar-refractivity contribution in [1.82, 2.24) is 14.2 Å². The minimum atomic E-state index is -3.76. The summed E-state index contributed by atoms with van der Waals surface area (Å²) in [7, 11) is -3.76. The quantitative estimate of drug-likeness (QED) is 0.420. The molecule has 1 unspecified atom stereocenters. The lowest BCUT2D eigenvalue weighted by atomic mass is 9.90. The molecular weight excluding hydrogens is 528 g/mol. The Morgan fingerprint density at radius 2 is 1.80 bits per heavy atom. The molecule has 40 heavy (non-hydrogen) atoms. The van der Waals surface area contributed by atoms with Gasteiger partial charge in [0.05, 0.1) is 11.4 Å². The summed E-state index contributed by atoms with van der Waals surface area (Å²) >= 11 is 0. The van der Waals surface area contributed by atoms with Gasteiger partial charge >= 0.3 is 6.09 Å². The van der Waals surface area contributed by atoms with Crippen molar-refractivity contribution >= 4 is 33.9 Å². The number of aromatic nitrogens is 1. The van der Waals surface area contributed by atoms with Gasteiger partial charge in [-0.2, -0.15) is 0 Å². The zero-order chi connectivity index (χ0) is 28.3. The van der Waals surface area contributed by atoms with Crippen LogP contribution in [-0.4, -0.2) is 61.1 Å². The summed E-state index contributed by atoms with van der Waals surface area (Å²) in [4.78, 5) is 32.1. The maximum absolute atomic E-state index is 13.2. The van der Waals surface area contributed by atoms with Gasteiger partial charge in [0, 0.05) is 37.5 Å². The number of carbonyl (C=O) groups is 2. The van der Waals surface area contributed by atoms with E-state index in [1.165, 1.54) is 10.2 Å². The highest BCUT2D eigenvalue weighted by atomic mass is 32.2. The first-order valence-corrected chi connectivity index (χ1v) is 15.0. The van der Waals surface area contributed by atoms with E-state index >= 15 is 0 Å². The zero-order valence-corrected chi connectivity index (χ0v) is 23.5. The molecule has 10 heteroatoms. The average molecular weight is 563 g/mol. The first-order chi connectivity index (χ1) is 19.3. The highest BCUT2D eigenvalue weighted by molar-refractivity contribution is 7.90. The van der Waals surface area contributed by atoms with Gasteiger partial charge < -0.3 is 15.0 Å². The molecule has 0 radical (unpaired) electrons. The van der Waals surface area contributed by atoms with E-state index in [1.54, 1.807) is 41.4 Å². The van der Waals surface area contributed by atoms with E-state index in [-0.39, 0.29) is 41.7 Å². The predicted octanol–water partition coefficient (Wildman–Crippen LogP) is 4.11. The average Bonchev–Trinajstić information content (AvgIpc) is 3.60. The minimum Gasteiger partial charge on any atom is -0.445 e. The Morgan fingerprint density at radius 1 is 1.05 bits per heavy atom. The molecule has 2 aliphatic rings. The topological polar surface area (TPSA) is 110 Å². The summed E-state index contributed by atoms with van der Waals surface area (Å²) in [5.74, 6) is 0.241. The van der Waals surface area contributed by atoms with Crippen molar-refractivity contribution < 1.29 is 22.7 Å². The Morgan fingerprint density at radius 3 is 2.52 bits per heavy atom. The van der Waals surface area contributed by atoms with Gasteiger partial charge in [-0.05, 0) is 48.6 Å². The fourth-order valence-electron chi connectivity index (χ4n) is 5.31. The van der Waals surface area contributed by atoms with Gasteiger partial charge in [0.25, 0.3) is 10.0 Å². The summed E-state index contributed by atoms with van der Waals surface area (Å²) in [6.45, 7) is 5.11. The molecule has 2 aliphatic heterocycles. The Bertz CT molecular complexity index is 1500. The van der Waals surface area contributed by atoms with E-state index in [2.05, 4.69) is 10.3 Å². The third-order valence-electron chi connectivity index (χ3n) is 7.68. The Labute approximate surface area is 234 Å². The molecule has 3 atom stereocenters. The molecule has 1 fully saturated rings. The number of nitrogens with zero attached hydrogens (tertiary/aromatic N) is 3. The van der Waals surface area contributed by atoms with Crippen LogP contribution >= 0.6 is 0 Å². The predicted molar refractivity (Wildman–Crippen MR) is 152 cm³/mol. The molecule has 2 aromatic carbocycles. The fraction of sp³-hybridized carbons (Fsp3) is 0.367. The number of nitrogens with one attached hydrogen (secondary N) is 1. The van der Waals surface area contributed by atoms with Crippen molar-refractivity contribution in [3.63, 3.8) is 0 Å². The lowest BCUT2D eigenvalue weighted by Crippen LogP contribution is -2.40. The summed E-state index contributed by atoms with van der Waals surface area (Å²) in [5, 5.41) is 3.27. The number of fused-ring (bicyclic) bond motifs is 1. The van der Waals surface area contributed by atoms with Crippen LogP contribution < -0.4 is 5.32 Å². The standard InChI is InChI=1S/C30H34N4O5S/c1-3-23-18-33(30(36)39-20-22-7-5-4-6-8-22)19-27(23)28(35)17-31-25-15-24-13-14-34(29(24)32-16-25)40(37,38)26-11-9-21(2)10-12-26/h4-14,16,23,25,27,31H,3,15,17-20H2,1-2H3/t23-,25?,27+/m1/s1. The van der Waals surface area contributed by atoms with Crippen molar-refractivity contribution in [1.29, 1.82) is 0 Å². The largest absolute Gasteiger partial charge is 0.445 e. The first-order valence-electron chi connectivity index (χ1n) is 13.5. The van der Waals surface area contributed by atoms with Gasteiger partial charge in [-0.25, -0.2) is 22.2 Å². The van der Waals surface area contributed by atoms with Gasteiger partial charge in [-0.1, -0.05) is 61.4 Å². The molecule has 5 rings (SSSR count). The third-order valence-corrected chi connectivity index (χ3v) is 9.36. The van der Waals surface area contributed by atoms with Crippen LogP contribution in [0.3, 0.4) is 0 Å². The van der Waals surface area contributed by atoms with Crippen molar-refractivity contribution in [2.45, 2.75) is 44.2 Å². The molecule has 1 amide bonds. The third kappa shape index (κ3) is 5.88. The molecular formula is C30H34N4O5S. The van der Waals surface area contributed by atoms with Crippen LogP contribution in [0.15, 0.2) is 76.7 Å². The Hall–Kier alpha value is -3.76. The zero-order valence-electron chi connectivity index (χ0n) is 22.7. The number of amides is 1. The van der Waals surface area contributed by atoms with E-state index in [1.807, 2.05) is 44.2 Å². The molecule has 0 saturated carbocycles. The molecule has 1 N–H and O–H groups in total. The summed E-state index contributed by atoms with van der Waals surface area (Å²) in [5.41, 5.74) is 2.69. The van der Waals surface area contributed by atoms with Crippen LogP contribution in [-0.2, 0) is 32.6 Å². The molecule has 3 aromatic rings. The highest BCUT2D eigenvalue weighted by Gasteiger charge is 2.39. The monoisotopic (exact) mass is 562 g/mol. The molecule has 1 saturated heterocycles. The van der Waals surface area contributed by atoms with Crippen LogP contribution in [0.5, 0.6) is 0 Å². The normalized spacial score (nSPS) is 20.4. The number of ether oxygens (including phenoxy) is 1.